The summed E-state index contributed by atoms with van der Waals surface area (Å²) in [5.41, 5.74) is 6.79. The maximum absolute atomic E-state index is 5.65. The Balaban J connectivity index is 2.18. The van der Waals surface area contributed by atoms with Crippen LogP contribution in [-0.4, -0.2) is 24.7 Å². The van der Waals surface area contributed by atoms with Gasteiger partial charge in [-0.3, -0.25) is 0 Å². The van der Waals surface area contributed by atoms with Gasteiger partial charge in [-0.05, 0) is 34.2 Å². The minimum Gasteiger partial charge on any atom is -0.383 e. The van der Waals surface area contributed by atoms with Gasteiger partial charge in [0.05, 0.1) is 22.8 Å². The van der Waals surface area contributed by atoms with Crippen LogP contribution in [0.15, 0.2) is 12.3 Å². The molecule has 1 aromatic rings. The van der Waals surface area contributed by atoms with Crippen LogP contribution in [-0.2, 0) is 4.74 Å². The zero-order valence-electron chi connectivity index (χ0n) is 7.66. The highest BCUT2D eigenvalue weighted by atomic mass is 127. The van der Waals surface area contributed by atoms with Crippen molar-refractivity contribution in [2.24, 2.45) is 0 Å². The van der Waals surface area contributed by atoms with Crippen LogP contribution in [0.5, 0.6) is 0 Å². The average molecular weight is 305 g/mol. The third kappa shape index (κ3) is 2.15. The van der Waals surface area contributed by atoms with E-state index in [1.165, 1.54) is 0 Å². The normalized spacial score (nSPS) is 22.2. The van der Waals surface area contributed by atoms with Gasteiger partial charge in [-0.15, -0.1) is 0 Å². The van der Waals surface area contributed by atoms with Gasteiger partial charge in [0.2, 0.25) is 0 Å². The molecule has 4 nitrogen and oxygen atoms in total. The molecule has 2 rings (SSSR count). The highest BCUT2D eigenvalue weighted by Crippen LogP contribution is 2.19. The number of rotatable bonds is 1. The summed E-state index contributed by atoms with van der Waals surface area (Å²) in [5.74, 6) is 0.589. The van der Waals surface area contributed by atoms with E-state index in [1.54, 1.807) is 0 Å². The molecule has 1 aliphatic rings. The van der Waals surface area contributed by atoms with Crippen molar-refractivity contribution in [3.8, 4) is 0 Å². The molecule has 2 heterocycles. The van der Waals surface area contributed by atoms with Gasteiger partial charge in [-0.2, -0.15) is 0 Å². The fourth-order valence-corrected chi connectivity index (χ4v) is 1.93. The van der Waals surface area contributed by atoms with Gasteiger partial charge in [0.1, 0.15) is 5.82 Å². The number of nitrogens with one attached hydrogen (secondary N) is 1. The molecule has 0 amide bonds. The Morgan fingerprint density at radius 1 is 1.64 bits per heavy atom. The minimum absolute atomic E-state index is 0.255. The molecular weight excluding hydrogens is 293 g/mol. The van der Waals surface area contributed by atoms with E-state index in [-0.39, 0.29) is 6.04 Å². The molecule has 3 N–H and O–H groups in total. The van der Waals surface area contributed by atoms with Crippen LogP contribution < -0.4 is 11.1 Å². The quantitative estimate of drug-likeness (QED) is 0.758. The Bertz CT molecular complexity index is 326. The van der Waals surface area contributed by atoms with E-state index >= 15 is 0 Å². The number of hydrogen-bond acceptors (Lipinski definition) is 4. The van der Waals surface area contributed by atoms with Crippen molar-refractivity contribution in [2.75, 3.05) is 25.5 Å². The molecule has 0 saturated carbocycles. The molecular formula is C9H12IN3O. The van der Waals surface area contributed by atoms with Gasteiger partial charge in [0.15, 0.2) is 0 Å². The van der Waals surface area contributed by atoms with E-state index in [1.807, 2.05) is 6.20 Å². The van der Waals surface area contributed by atoms with Gasteiger partial charge < -0.3 is 15.8 Å². The van der Waals surface area contributed by atoms with Crippen LogP contribution in [0.4, 0.5) is 5.82 Å². The number of nitrogens with zero attached hydrogens (tertiary/aromatic N) is 1. The number of ether oxygens (including phenoxy) is 1. The lowest BCUT2D eigenvalue weighted by Crippen LogP contribution is -2.34. The Morgan fingerprint density at radius 3 is 3.14 bits per heavy atom. The van der Waals surface area contributed by atoms with Crippen molar-refractivity contribution >= 4 is 28.4 Å². The van der Waals surface area contributed by atoms with Crippen LogP contribution in [0.1, 0.15) is 11.6 Å². The first kappa shape index (κ1) is 10.1. The maximum Gasteiger partial charge on any atom is 0.136 e. The largest absolute Gasteiger partial charge is 0.383 e. The predicted molar refractivity (Wildman–Crippen MR) is 62.9 cm³/mol. The number of nitrogens with two attached hydrogens (primary N) is 1. The van der Waals surface area contributed by atoms with Crippen molar-refractivity contribution in [3.05, 3.63) is 21.4 Å². The molecule has 0 radical (unpaired) electrons. The fourth-order valence-electron chi connectivity index (χ4n) is 1.43. The van der Waals surface area contributed by atoms with Crippen LogP contribution >= 0.6 is 22.6 Å². The van der Waals surface area contributed by atoms with Crippen molar-refractivity contribution < 1.29 is 4.74 Å². The van der Waals surface area contributed by atoms with E-state index in [0.29, 0.717) is 12.4 Å². The van der Waals surface area contributed by atoms with E-state index in [9.17, 15) is 0 Å². The second kappa shape index (κ2) is 4.41. The van der Waals surface area contributed by atoms with Gasteiger partial charge in [-0.1, -0.05) is 0 Å². The lowest BCUT2D eigenvalue weighted by molar-refractivity contribution is 0.0767. The lowest BCUT2D eigenvalue weighted by atomic mass is 10.1. The highest BCUT2D eigenvalue weighted by molar-refractivity contribution is 14.1. The van der Waals surface area contributed by atoms with Crippen LogP contribution in [0.2, 0.25) is 0 Å². The van der Waals surface area contributed by atoms with Gasteiger partial charge in [0, 0.05) is 12.7 Å². The second-order valence-corrected chi connectivity index (χ2v) is 4.38. The number of hydrogen-bond donors (Lipinski definition) is 2. The summed E-state index contributed by atoms with van der Waals surface area (Å²) >= 11 is 2.19. The maximum atomic E-state index is 5.65. The van der Waals surface area contributed by atoms with E-state index in [2.05, 4.69) is 39.0 Å². The highest BCUT2D eigenvalue weighted by Gasteiger charge is 2.15. The molecule has 14 heavy (non-hydrogen) atoms. The van der Waals surface area contributed by atoms with E-state index in [0.717, 1.165) is 22.3 Å². The topological polar surface area (TPSA) is 60.2 Å². The monoisotopic (exact) mass is 305 g/mol. The number of nitrogen functional groups attached to an aromatic ring is 1. The SMILES string of the molecule is Nc1ncc([C@@H]2COCCN2)cc1I. The Morgan fingerprint density at radius 2 is 2.50 bits per heavy atom. The summed E-state index contributed by atoms with van der Waals surface area (Å²) in [6.45, 7) is 2.39. The standard InChI is InChI=1S/C9H12IN3O/c10-7-3-6(4-13-9(7)11)8-5-14-2-1-12-8/h3-4,8,12H,1-2,5H2,(H2,11,13)/t8-/m0/s1. The molecule has 5 heteroatoms. The summed E-state index contributed by atoms with van der Waals surface area (Å²) < 4.78 is 6.38. The minimum atomic E-state index is 0.255. The van der Waals surface area contributed by atoms with Crippen LogP contribution in [0.25, 0.3) is 0 Å². The zero-order valence-corrected chi connectivity index (χ0v) is 9.82. The number of aromatic nitrogens is 1. The third-order valence-electron chi connectivity index (χ3n) is 2.21. The first-order chi connectivity index (χ1) is 6.77. The third-order valence-corrected chi connectivity index (χ3v) is 3.08. The summed E-state index contributed by atoms with van der Waals surface area (Å²) in [6.07, 6.45) is 1.81. The van der Waals surface area contributed by atoms with Crippen LogP contribution in [0, 0.1) is 3.57 Å². The zero-order chi connectivity index (χ0) is 9.97. The predicted octanol–water partition coefficient (Wildman–Crippen LogP) is 0.929. The molecule has 76 valence electrons. The number of morpholine rings is 1. The Labute approximate surface area is 96.4 Å². The van der Waals surface area contributed by atoms with Gasteiger partial charge in [-0.25, -0.2) is 4.98 Å². The summed E-state index contributed by atoms with van der Waals surface area (Å²) in [7, 11) is 0. The van der Waals surface area contributed by atoms with Crippen molar-refractivity contribution in [2.45, 2.75) is 6.04 Å². The molecule has 1 fully saturated rings. The molecule has 0 bridgehead atoms. The summed E-state index contributed by atoms with van der Waals surface area (Å²) in [5, 5.41) is 3.37. The Kier molecular flexibility index (Phi) is 3.19. The number of anilines is 1. The summed E-state index contributed by atoms with van der Waals surface area (Å²) in [4.78, 5) is 4.13. The molecule has 0 aliphatic carbocycles. The van der Waals surface area contributed by atoms with Gasteiger partial charge in [0.25, 0.3) is 0 Å². The Hall–Kier alpha value is -0.400. The van der Waals surface area contributed by atoms with Crippen molar-refractivity contribution in [1.29, 1.82) is 0 Å². The molecule has 1 aliphatic heterocycles. The van der Waals surface area contributed by atoms with Crippen molar-refractivity contribution in [3.63, 3.8) is 0 Å². The molecule has 1 saturated heterocycles. The molecule has 0 unspecified atom stereocenters. The van der Waals surface area contributed by atoms with Gasteiger partial charge >= 0.3 is 0 Å². The van der Waals surface area contributed by atoms with E-state index in [4.69, 9.17) is 10.5 Å². The van der Waals surface area contributed by atoms with Crippen molar-refractivity contribution in [1.82, 2.24) is 10.3 Å². The lowest BCUT2D eigenvalue weighted by Gasteiger charge is -2.24. The van der Waals surface area contributed by atoms with E-state index < -0.39 is 0 Å². The smallest absolute Gasteiger partial charge is 0.136 e. The summed E-state index contributed by atoms with van der Waals surface area (Å²) in [6, 6.07) is 2.31. The van der Waals surface area contributed by atoms with Crippen LogP contribution in [0.3, 0.4) is 0 Å². The second-order valence-electron chi connectivity index (χ2n) is 3.22. The first-order valence-electron chi connectivity index (χ1n) is 4.49. The number of pyridine rings is 1. The average Bonchev–Trinajstić information content (AvgIpc) is 2.23. The first-order valence-corrected chi connectivity index (χ1v) is 5.57. The number of halogens is 1. The molecule has 1 aromatic heterocycles. The molecule has 1 atom stereocenters. The molecule has 0 aromatic carbocycles. The fraction of sp³-hybridized carbons (Fsp3) is 0.444. The molecule has 0 spiro atoms.